The first-order valence-electron chi connectivity index (χ1n) is 7.04. The van der Waals surface area contributed by atoms with Crippen molar-refractivity contribution in [2.75, 3.05) is 0 Å². The van der Waals surface area contributed by atoms with Crippen LogP contribution in [0.15, 0.2) is 47.5 Å². The zero-order valence-corrected chi connectivity index (χ0v) is 13.7. The quantitative estimate of drug-likeness (QED) is 0.637. The second-order valence-corrected chi connectivity index (χ2v) is 7.21. The lowest BCUT2D eigenvalue weighted by atomic mass is 10.2. The molecule has 3 rings (SSSR count). The van der Waals surface area contributed by atoms with Crippen LogP contribution >= 0.6 is 0 Å². The van der Waals surface area contributed by atoms with E-state index in [1.165, 1.54) is 6.07 Å². The Morgan fingerprint density at radius 3 is 2.33 bits per heavy atom. The van der Waals surface area contributed by atoms with E-state index < -0.39 is 37.5 Å². The molecule has 0 radical (unpaired) electrons. The number of H-pyrrole nitrogens is 1. The molecule has 0 aliphatic heterocycles. The molecule has 1 heterocycles. The first kappa shape index (κ1) is 19.0. The van der Waals surface area contributed by atoms with Gasteiger partial charge in [-0.15, -0.1) is 0 Å². The standard InChI is InChI=1S/C15H8F6N2O3S/c16-14(17,18)8-2-1-3-9(6-8)26-11-4-5-12(13-10(11)7-22-23-13)27(24,25)15(19,20)21/h1-7H,(H,22,23). The lowest BCUT2D eigenvalue weighted by molar-refractivity contribution is -0.137. The molecule has 0 amide bonds. The Labute approximate surface area is 147 Å². The number of alkyl halides is 6. The van der Waals surface area contributed by atoms with Crippen molar-refractivity contribution in [2.45, 2.75) is 16.6 Å². The van der Waals surface area contributed by atoms with Crippen LogP contribution in [-0.4, -0.2) is 24.1 Å². The highest BCUT2D eigenvalue weighted by Crippen LogP contribution is 2.38. The topological polar surface area (TPSA) is 72.1 Å². The fourth-order valence-electron chi connectivity index (χ4n) is 2.29. The summed E-state index contributed by atoms with van der Waals surface area (Å²) >= 11 is 0. The maximum absolute atomic E-state index is 12.8. The molecule has 0 saturated carbocycles. The smallest absolute Gasteiger partial charge is 0.457 e. The summed E-state index contributed by atoms with van der Waals surface area (Å²) in [6.45, 7) is 0. The highest BCUT2D eigenvalue weighted by atomic mass is 32.2. The number of sulfone groups is 1. The van der Waals surface area contributed by atoms with E-state index in [2.05, 4.69) is 10.2 Å². The maximum Gasteiger partial charge on any atom is 0.501 e. The first-order valence-corrected chi connectivity index (χ1v) is 8.52. The third-order valence-corrected chi connectivity index (χ3v) is 5.05. The Morgan fingerprint density at radius 2 is 1.70 bits per heavy atom. The molecule has 0 saturated heterocycles. The number of nitrogens with one attached hydrogen (secondary N) is 1. The van der Waals surface area contributed by atoms with E-state index >= 15 is 0 Å². The molecule has 0 fully saturated rings. The van der Waals surface area contributed by atoms with E-state index in [1.54, 1.807) is 0 Å². The largest absolute Gasteiger partial charge is 0.501 e. The fraction of sp³-hybridized carbons (Fsp3) is 0.133. The molecule has 144 valence electrons. The summed E-state index contributed by atoms with van der Waals surface area (Å²) in [7, 11) is -5.66. The number of hydrogen-bond acceptors (Lipinski definition) is 4. The Balaban J connectivity index is 2.07. The predicted octanol–water partition coefficient (Wildman–Crippen LogP) is 4.67. The molecule has 12 heteroatoms. The van der Waals surface area contributed by atoms with Crippen molar-refractivity contribution in [3.05, 3.63) is 48.2 Å². The van der Waals surface area contributed by atoms with Gasteiger partial charge in [-0.1, -0.05) is 6.07 Å². The van der Waals surface area contributed by atoms with Gasteiger partial charge in [-0.25, -0.2) is 8.42 Å². The molecule has 0 spiro atoms. The van der Waals surface area contributed by atoms with Crippen LogP contribution in [0.2, 0.25) is 0 Å². The average molecular weight is 410 g/mol. The zero-order chi connectivity index (χ0) is 20.0. The van der Waals surface area contributed by atoms with Gasteiger partial charge in [-0.2, -0.15) is 31.4 Å². The van der Waals surface area contributed by atoms with Crippen molar-refractivity contribution in [1.82, 2.24) is 10.2 Å². The number of benzene rings is 2. The van der Waals surface area contributed by atoms with Crippen molar-refractivity contribution in [3.63, 3.8) is 0 Å². The number of aromatic nitrogens is 2. The van der Waals surface area contributed by atoms with E-state index in [9.17, 15) is 34.8 Å². The molecule has 1 N–H and O–H groups in total. The number of nitrogens with zero attached hydrogens (tertiary/aromatic N) is 1. The number of hydrogen-bond donors (Lipinski definition) is 1. The second-order valence-electron chi connectivity index (χ2n) is 5.30. The van der Waals surface area contributed by atoms with Crippen LogP contribution in [0.5, 0.6) is 11.5 Å². The number of ether oxygens (including phenoxy) is 1. The summed E-state index contributed by atoms with van der Waals surface area (Å²) < 4.78 is 105. The number of aromatic amines is 1. The van der Waals surface area contributed by atoms with Crippen LogP contribution in [0.3, 0.4) is 0 Å². The SMILES string of the molecule is O=S(=O)(c1ccc(Oc2cccc(C(F)(F)F)c2)c2cn[nH]c12)C(F)(F)F. The zero-order valence-electron chi connectivity index (χ0n) is 12.9. The molecule has 0 bridgehead atoms. The lowest BCUT2D eigenvalue weighted by Crippen LogP contribution is -2.23. The van der Waals surface area contributed by atoms with Gasteiger partial charge in [0.05, 0.1) is 22.7 Å². The normalized spacial score (nSPS) is 13.1. The lowest BCUT2D eigenvalue weighted by Gasteiger charge is -2.12. The Morgan fingerprint density at radius 1 is 1.00 bits per heavy atom. The summed E-state index contributed by atoms with van der Waals surface area (Å²) in [4.78, 5) is -1.07. The van der Waals surface area contributed by atoms with E-state index in [0.717, 1.165) is 24.4 Å². The van der Waals surface area contributed by atoms with Gasteiger partial charge in [0, 0.05) is 0 Å². The maximum atomic E-state index is 12.8. The Bertz CT molecular complexity index is 1100. The average Bonchev–Trinajstić information content (AvgIpc) is 3.03. The minimum atomic E-state index is -5.66. The molecule has 3 aromatic rings. The summed E-state index contributed by atoms with van der Waals surface area (Å²) in [6, 6.07) is 5.38. The second kappa shape index (κ2) is 6.15. The molecule has 0 unspecified atom stereocenters. The van der Waals surface area contributed by atoms with Crippen molar-refractivity contribution >= 4 is 20.7 Å². The van der Waals surface area contributed by atoms with E-state index in [0.29, 0.717) is 12.1 Å². The van der Waals surface area contributed by atoms with Crippen LogP contribution in [-0.2, 0) is 16.0 Å². The fourth-order valence-corrected chi connectivity index (χ4v) is 3.21. The monoisotopic (exact) mass is 410 g/mol. The van der Waals surface area contributed by atoms with Gasteiger partial charge >= 0.3 is 11.7 Å². The van der Waals surface area contributed by atoms with Gasteiger partial charge in [0.2, 0.25) is 0 Å². The molecule has 2 aromatic carbocycles. The minimum absolute atomic E-state index is 0.141. The Kier molecular flexibility index (Phi) is 4.33. The summed E-state index contributed by atoms with van der Waals surface area (Å²) in [6.07, 6.45) is -3.61. The van der Waals surface area contributed by atoms with Gasteiger partial charge in [0.15, 0.2) is 0 Å². The molecular formula is C15H8F6N2O3S. The van der Waals surface area contributed by atoms with Crippen molar-refractivity contribution in [1.29, 1.82) is 0 Å². The summed E-state index contributed by atoms with van der Waals surface area (Å²) in [5, 5.41) is 5.50. The molecule has 1 aromatic heterocycles. The van der Waals surface area contributed by atoms with Gasteiger partial charge in [0.25, 0.3) is 9.84 Å². The van der Waals surface area contributed by atoms with Crippen LogP contribution in [0.25, 0.3) is 10.9 Å². The van der Waals surface area contributed by atoms with Gasteiger partial charge in [-0.05, 0) is 30.3 Å². The van der Waals surface area contributed by atoms with Crippen LogP contribution < -0.4 is 4.74 Å². The number of fused-ring (bicyclic) bond motifs is 1. The third-order valence-electron chi connectivity index (χ3n) is 3.52. The molecule has 27 heavy (non-hydrogen) atoms. The number of rotatable bonds is 3. The van der Waals surface area contributed by atoms with E-state index in [1.807, 2.05) is 0 Å². The van der Waals surface area contributed by atoms with Gasteiger partial charge in [-0.3, -0.25) is 5.10 Å². The Hall–Kier alpha value is -2.76. The van der Waals surface area contributed by atoms with Crippen molar-refractivity contribution in [2.24, 2.45) is 0 Å². The van der Waals surface area contributed by atoms with Crippen molar-refractivity contribution < 1.29 is 39.5 Å². The van der Waals surface area contributed by atoms with E-state index in [-0.39, 0.29) is 16.9 Å². The molecule has 5 nitrogen and oxygen atoms in total. The molecule has 0 atom stereocenters. The van der Waals surface area contributed by atoms with E-state index in [4.69, 9.17) is 4.74 Å². The third kappa shape index (κ3) is 3.44. The summed E-state index contributed by atoms with van der Waals surface area (Å²) in [5.41, 5.74) is -6.99. The highest BCUT2D eigenvalue weighted by Gasteiger charge is 2.48. The number of halogens is 6. The first-order chi connectivity index (χ1) is 12.4. The predicted molar refractivity (Wildman–Crippen MR) is 80.9 cm³/mol. The highest BCUT2D eigenvalue weighted by molar-refractivity contribution is 7.92. The van der Waals surface area contributed by atoms with Gasteiger partial charge in [0.1, 0.15) is 16.4 Å². The summed E-state index contributed by atoms with van der Waals surface area (Å²) in [5.74, 6) is -0.405. The minimum Gasteiger partial charge on any atom is -0.457 e. The van der Waals surface area contributed by atoms with Crippen molar-refractivity contribution in [3.8, 4) is 11.5 Å². The molecule has 0 aliphatic carbocycles. The van der Waals surface area contributed by atoms with Gasteiger partial charge < -0.3 is 4.74 Å². The van der Waals surface area contributed by atoms with Crippen LogP contribution in [0.4, 0.5) is 26.3 Å². The molecular weight excluding hydrogens is 402 g/mol. The van der Waals surface area contributed by atoms with Crippen LogP contribution in [0.1, 0.15) is 5.56 Å². The molecule has 0 aliphatic rings. The van der Waals surface area contributed by atoms with Crippen LogP contribution in [0, 0.1) is 0 Å².